The molecule has 0 radical (unpaired) electrons. The molecule has 18 heteroatoms. The van der Waals surface area contributed by atoms with Crippen LogP contribution in [0.3, 0.4) is 0 Å². The van der Waals surface area contributed by atoms with E-state index in [0.717, 1.165) is 24.5 Å². The van der Waals surface area contributed by atoms with Gasteiger partial charge in [-0.05, 0) is 94.4 Å². The summed E-state index contributed by atoms with van der Waals surface area (Å²) in [5.41, 5.74) is 5.09. The summed E-state index contributed by atoms with van der Waals surface area (Å²) >= 11 is 0. The predicted molar refractivity (Wildman–Crippen MR) is 232 cm³/mol. The summed E-state index contributed by atoms with van der Waals surface area (Å²) < 4.78 is 47.2. The Hall–Kier alpha value is -5.59. The highest BCUT2D eigenvalue weighted by Crippen LogP contribution is 2.65. The van der Waals surface area contributed by atoms with Gasteiger partial charge >= 0.3 is 30.9 Å². The number of benzene rings is 2. The Labute approximate surface area is 373 Å². The summed E-state index contributed by atoms with van der Waals surface area (Å²) in [5, 5.41) is 5.46. The van der Waals surface area contributed by atoms with Crippen molar-refractivity contribution in [3.8, 4) is 11.5 Å². The number of imide groups is 1. The molecule has 4 N–H and O–H groups in total. The van der Waals surface area contributed by atoms with Crippen molar-refractivity contribution in [1.29, 1.82) is 0 Å². The van der Waals surface area contributed by atoms with Crippen LogP contribution >= 0.6 is 0 Å². The zero-order valence-electron chi connectivity index (χ0n) is 37.5. The first-order chi connectivity index (χ1) is 30.3. The van der Waals surface area contributed by atoms with Crippen molar-refractivity contribution in [3.63, 3.8) is 0 Å². The second kappa shape index (κ2) is 18.5. The molecule has 16 nitrogen and oxygen atoms in total. The molecule has 8 rings (SSSR count). The molecule has 2 unspecified atom stereocenters. The smallest absolute Gasteiger partial charge is 0.482 e. The molecular formula is C46H58BFN6O10. The van der Waals surface area contributed by atoms with Crippen LogP contribution in [0.2, 0.25) is 0 Å². The van der Waals surface area contributed by atoms with Gasteiger partial charge in [-0.2, -0.15) is 0 Å². The third kappa shape index (κ3) is 9.45. The van der Waals surface area contributed by atoms with Gasteiger partial charge in [0.1, 0.15) is 35.0 Å². The van der Waals surface area contributed by atoms with Crippen LogP contribution in [-0.4, -0.2) is 108 Å². The number of halogens is 1. The lowest BCUT2D eigenvalue weighted by Crippen LogP contribution is -2.65. The maximum atomic E-state index is 16.3. The zero-order chi connectivity index (χ0) is 46.1. The number of pyridine rings is 1. The fraction of sp³-hybridized carbons (Fsp3) is 0.522. The van der Waals surface area contributed by atoms with Crippen LogP contribution in [0.15, 0.2) is 60.8 Å². The molecule has 5 aliphatic rings. The molecule has 5 amide bonds. The minimum Gasteiger partial charge on any atom is -0.496 e. The third-order valence-electron chi connectivity index (χ3n) is 13.1. The molecule has 2 saturated heterocycles. The lowest BCUT2D eigenvalue weighted by atomic mass is 9.43. The van der Waals surface area contributed by atoms with E-state index in [1.165, 1.54) is 18.2 Å². The number of methoxy groups -OCH3 is 1. The van der Waals surface area contributed by atoms with Gasteiger partial charge < -0.3 is 44.8 Å². The topological polar surface area (TPSA) is 201 Å². The fourth-order valence-corrected chi connectivity index (χ4v) is 9.56. The second-order valence-corrected chi connectivity index (χ2v) is 18.7. The van der Waals surface area contributed by atoms with Crippen molar-refractivity contribution >= 4 is 36.8 Å². The number of para-hydroxylation sites is 1. The lowest BCUT2D eigenvalue weighted by Gasteiger charge is -2.64. The van der Waals surface area contributed by atoms with Crippen LogP contribution in [0.1, 0.15) is 94.0 Å². The minimum absolute atomic E-state index is 0.00250. The van der Waals surface area contributed by atoms with Crippen LogP contribution < -0.4 is 25.8 Å². The molecule has 3 aromatic rings. The number of hydrogen-bond acceptors (Lipinski definition) is 12. The van der Waals surface area contributed by atoms with Crippen molar-refractivity contribution in [1.82, 2.24) is 25.4 Å². The maximum absolute atomic E-state index is 16.3. The van der Waals surface area contributed by atoms with E-state index in [2.05, 4.69) is 29.5 Å². The molecule has 64 heavy (non-hydrogen) atoms. The van der Waals surface area contributed by atoms with E-state index in [1.807, 2.05) is 37.3 Å². The number of carbonyl (C=O) groups is 5. The molecule has 2 aromatic carbocycles. The minimum atomic E-state index is -1.85. The highest BCUT2D eigenvalue weighted by Gasteiger charge is 2.68. The number of nitrogens with one attached hydrogen (secondary N) is 2. The van der Waals surface area contributed by atoms with Gasteiger partial charge in [-0.3, -0.25) is 24.3 Å². The predicted octanol–water partition coefficient (Wildman–Crippen LogP) is 4.53. The third-order valence-corrected chi connectivity index (χ3v) is 13.1. The molecule has 342 valence electrons. The van der Waals surface area contributed by atoms with Crippen LogP contribution in [0, 0.1) is 23.1 Å². The van der Waals surface area contributed by atoms with E-state index >= 15 is 4.39 Å². The number of nitrogens with zero attached hydrogens (tertiary/aromatic N) is 3. The first-order valence-corrected chi connectivity index (χ1v) is 21.8. The number of aromatic nitrogens is 1. The Kier molecular flexibility index (Phi) is 13.4. The van der Waals surface area contributed by atoms with Crippen LogP contribution in [0.25, 0.3) is 0 Å². The molecule has 3 aliphatic carbocycles. The second-order valence-electron chi connectivity index (χ2n) is 18.7. The molecular weight excluding hydrogens is 826 g/mol. The molecule has 5 fully saturated rings. The first-order valence-electron chi connectivity index (χ1n) is 21.8. The largest absolute Gasteiger partial charge is 0.496 e. The van der Waals surface area contributed by atoms with E-state index < -0.39 is 71.5 Å². The number of carbonyl (C=O) groups excluding carboxylic acids is 5. The van der Waals surface area contributed by atoms with Crippen molar-refractivity contribution in [3.05, 3.63) is 89.0 Å². The van der Waals surface area contributed by atoms with E-state index in [1.54, 1.807) is 39.0 Å². The van der Waals surface area contributed by atoms with Gasteiger partial charge in [-0.1, -0.05) is 56.3 Å². The average Bonchev–Trinajstić information content (AvgIpc) is 3.62. The number of esters is 1. The Balaban J connectivity index is 1.22. The van der Waals surface area contributed by atoms with E-state index in [4.69, 9.17) is 29.3 Å². The van der Waals surface area contributed by atoms with Gasteiger partial charge in [0, 0.05) is 25.7 Å². The Morgan fingerprint density at radius 1 is 1.03 bits per heavy atom. The summed E-state index contributed by atoms with van der Waals surface area (Å²) in [4.78, 5) is 74.8. The highest BCUT2D eigenvalue weighted by molar-refractivity contribution is 6.48. The van der Waals surface area contributed by atoms with E-state index in [0.29, 0.717) is 29.3 Å². The number of ether oxygens (including phenoxy) is 3. The molecule has 3 saturated carbocycles. The maximum Gasteiger partial charge on any atom is 0.482 e. The van der Waals surface area contributed by atoms with Crippen molar-refractivity contribution < 1.29 is 51.9 Å². The molecule has 3 heterocycles. The zero-order valence-corrected chi connectivity index (χ0v) is 37.5. The molecule has 1 aromatic heterocycles. The van der Waals surface area contributed by atoms with Gasteiger partial charge in [0.05, 0.1) is 31.0 Å². The number of rotatable bonds is 15. The van der Waals surface area contributed by atoms with Crippen LogP contribution in [0.4, 0.5) is 9.18 Å². The average molecular weight is 885 g/mol. The Bertz CT molecular complexity index is 2260. The highest BCUT2D eigenvalue weighted by atomic mass is 19.1. The van der Waals surface area contributed by atoms with Gasteiger partial charge in [-0.15, -0.1) is 0 Å². The van der Waals surface area contributed by atoms with Crippen molar-refractivity contribution in [2.45, 2.75) is 103 Å². The summed E-state index contributed by atoms with van der Waals surface area (Å²) in [6.45, 7) is 12.2. The normalized spacial score (nSPS) is 23.4. The number of hydrogen-bond donors (Lipinski definition) is 3. The van der Waals surface area contributed by atoms with Crippen LogP contribution in [-0.2, 0) is 41.5 Å². The standard InChI is InChI=1S/C46H58BFN6O10/c1-44(2,3)62-42(58)31-16-11-15-28(38(31)60-7)21-35(47-63-34-23-29-22-33(45(29,4)5)46(34,6)64-47)51-39(55)37(52-43(59)54-20-19-53(18-12-17-49)40(56)41(54)57)36-32(48)24-30(25-50-36)61-26-27-13-9-8-10-14-27/h8-11,13-16,24-25,29,33-35,37H,12,17-23,26,49H2,1-7H3,(H,51,55)(H,52,59)/t29-,33-,34+,35?,37?,46-/m0/s1. The van der Waals surface area contributed by atoms with Gasteiger partial charge in [0.15, 0.2) is 11.9 Å². The number of urea groups is 1. The fourth-order valence-electron chi connectivity index (χ4n) is 9.56. The van der Waals surface area contributed by atoms with E-state index in [-0.39, 0.29) is 67.2 Å². The van der Waals surface area contributed by atoms with Crippen molar-refractivity contribution in [2.24, 2.45) is 23.0 Å². The van der Waals surface area contributed by atoms with Gasteiger partial charge in [0.2, 0.25) is 5.91 Å². The monoisotopic (exact) mass is 884 g/mol. The van der Waals surface area contributed by atoms with Crippen LogP contribution in [0.5, 0.6) is 11.5 Å². The molecule has 2 bridgehead atoms. The summed E-state index contributed by atoms with van der Waals surface area (Å²) in [6.07, 6.45) is 3.07. The van der Waals surface area contributed by atoms with Gasteiger partial charge in [0.25, 0.3) is 0 Å². The lowest BCUT2D eigenvalue weighted by molar-refractivity contribution is -0.199. The summed E-state index contributed by atoms with van der Waals surface area (Å²) in [5.74, 6) is -4.73. The summed E-state index contributed by atoms with van der Waals surface area (Å²) in [6, 6.07) is 12.3. The molecule has 0 spiro atoms. The van der Waals surface area contributed by atoms with Crippen molar-refractivity contribution in [2.75, 3.05) is 33.3 Å². The molecule has 6 atom stereocenters. The SMILES string of the molecule is COc1c(CC(NC(=O)C(NC(=O)N2CCN(CCCN)C(=O)C2=O)c2ncc(OCc3ccccc3)cc2F)B2O[C@@H]3C[C@@H]4C[C@@H](C4(C)C)[C@]3(C)O2)cccc1C(=O)OC(C)(C)C. The Morgan fingerprint density at radius 2 is 1.78 bits per heavy atom. The quantitative estimate of drug-likeness (QED) is 0.110. The number of amides is 5. The van der Waals surface area contributed by atoms with E-state index in [9.17, 15) is 24.0 Å². The summed E-state index contributed by atoms with van der Waals surface area (Å²) in [7, 11) is 0.373. The first kappa shape index (κ1) is 46.4. The Morgan fingerprint density at radius 3 is 2.45 bits per heavy atom. The molecule has 2 aliphatic heterocycles. The number of nitrogens with two attached hydrogens (primary N) is 1. The number of piperazine rings is 1. The van der Waals surface area contributed by atoms with Gasteiger partial charge in [-0.25, -0.2) is 14.0 Å².